The monoisotopic (exact) mass is 306 g/mol. The van der Waals surface area contributed by atoms with Crippen LogP contribution in [0.2, 0.25) is 0 Å². The highest BCUT2D eigenvalue weighted by Crippen LogP contribution is 2.44. The number of aliphatic carboxylic acids is 1. The number of nitrogens with zero attached hydrogens (tertiary/aromatic N) is 1. The molecule has 22 heavy (non-hydrogen) atoms. The minimum atomic E-state index is -0.938. The predicted octanol–water partition coefficient (Wildman–Crippen LogP) is 2.42. The van der Waals surface area contributed by atoms with Gasteiger partial charge in [-0.15, -0.1) is 0 Å². The first-order valence-electron chi connectivity index (χ1n) is 7.11. The van der Waals surface area contributed by atoms with E-state index in [4.69, 9.17) is 0 Å². The Morgan fingerprint density at radius 3 is 2.64 bits per heavy atom. The van der Waals surface area contributed by atoms with Crippen molar-refractivity contribution in [2.75, 3.05) is 0 Å². The molecule has 1 aromatic rings. The number of non-ortho nitro benzene ring substituents is 1. The van der Waals surface area contributed by atoms with Gasteiger partial charge in [0.25, 0.3) is 5.69 Å². The van der Waals surface area contributed by atoms with Crippen LogP contribution >= 0.6 is 0 Å². The van der Waals surface area contributed by atoms with Gasteiger partial charge in [0.15, 0.2) is 0 Å². The van der Waals surface area contributed by atoms with E-state index in [1.54, 1.807) is 19.1 Å². The molecule has 0 aliphatic heterocycles. The number of carboxylic acids is 1. The summed E-state index contributed by atoms with van der Waals surface area (Å²) in [5.41, 5.74) is -0.368. The lowest BCUT2D eigenvalue weighted by atomic mass is 9.66. The molecule has 0 saturated heterocycles. The van der Waals surface area contributed by atoms with E-state index in [0.29, 0.717) is 18.4 Å². The van der Waals surface area contributed by atoms with Gasteiger partial charge in [0, 0.05) is 18.6 Å². The fourth-order valence-corrected chi connectivity index (χ4v) is 2.66. The van der Waals surface area contributed by atoms with Gasteiger partial charge in [0.2, 0.25) is 5.91 Å². The van der Waals surface area contributed by atoms with E-state index in [9.17, 15) is 24.8 Å². The number of nitrogens with one attached hydrogen (secondary N) is 1. The third-order valence-electron chi connectivity index (χ3n) is 4.22. The summed E-state index contributed by atoms with van der Waals surface area (Å²) < 4.78 is 0. The molecule has 0 radical (unpaired) electrons. The van der Waals surface area contributed by atoms with Gasteiger partial charge in [-0.3, -0.25) is 19.7 Å². The second-order valence-corrected chi connectivity index (χ2v) is 5.76. The van der Waals surface area contributed by atoms with Gasteiger partial charge in [-0.2, -0.15) is 0 Å². The lowest BCUT2D eigenvalue weighted by Crippen LogP contribution is -2.43. The van der Waals surface area contributed by atoms with E-state index in [-0.39, 0.29) is 18.0 Å². The van der Waals surface area contributed by atoms with Crippen molar-refractivity contribution in [3.63, 3.8) is 0 Å². The molecule has 2 rings (SSSR count). The molecule has 1 unspecified atom stereocenters. The number of carbonyl (C=O) groups excluding carboxylic acids is 1. The van der Waals surface area contributed by atoms with Gasteiger partial charge < -0.3 is 10.4 Å². The SMILES string of the molecule is CC(NC(=O)CC1(C(=O)O)CCC1)c1cccc([N+](=O)[O-])c1. The van der Waals surface area contributed by atoms with Crippen LogP contribution in [-0.4, -0.2) is 21.9 Å². The van der Waals surface area contributed by atoms with Crippen molar-refractivity contribution < 1.29 is 19.6 Å². The van der Waals surface area contributed by atoms with E-state index in [0.717, 1.165) is 6.42 Å². The van der Waals surface area contributed by atoms with Crippen LogP contribution in [0.1, 0.15) is 44.2 Å². The van der Waals surface area contributed by atoms with Gasteiger partial charge in [-0.1, -0.05) is 18.6 Å². The van der Waals surface area contributed by atoms with Crippen LogP contribution < -0.4 is 5.32 Å². The fourth-order valence-electron chi connectivity index (χ4n) is 2.66. The van der Waals surface area contributed by atoms with Gasteiger partial charge in [0.1, 0.15) is 0 Å². The molecular weight excluding hydrogens is 288 g/mol. The second-order valence-electron chi connectivity index (χ2n) is 5.76. The average Bonchev–Trinajstić information content (AvgIpc) is 2.42. The number of carboxylic acid groups (broad SMARTS) is 1. The van der Waals surface area contributed by atoms with Crippen LogP contribution in [0.4, 0.5) is 5.69 Å². The van der Waals surface area contributed by atoms with Crippen molar-refractivity contribution in [1.29, 1.82) is 0 Å². The molecule has 2 N–H and O–H groups in total. The summed E-state index contributed by atoms with van der Waals surface area (Å²) in [5.74, 6) is -1.28. The maximum absolute atomic E-state index is 12.1. The second kappa shape index (κ2) is 6.13. The summed E-state index contributed by atoms with van der Waals surface area (Å²) in [5, 5.41) is 22.7. The molecule has 1 aliphatic carbocycles. The Morgan fingerprint density at radius 1 is 1.45 bits per heavy atom. The first kappa shape index (κ1) is 15.9. The third kappa shape index (κ3) is 3.24. The summed E-state index contributed by atoms with van der Waals surface area (Å²) in [6, 6.07) is 5.61. The Labute approximate surface area is 127 Å². The maximum atomic E-state index is 12.1. The number of nitro benzene ring substituents is 1. The van der Waals surface area contributed by atoms with E-state index < -0.39 is 22.3 Å². The van der Waals surface area contributed by atoms with Gasteiger partial charge in [0.05, 0.1) is 16.4 Å². The molecule has 1 aliphatic rings. The van der Waals surface area contributed by atoms with Crippen molar-refractivity contribution in [1.82, 2.24) is 5.32 Å². The Balaban J connectivity index is 2.01. The van der Waals surface area contributed by atoms with Crippen molar-refractivity contribution >= 4 is 17.6 Å². The number of carbonyl (C=O) groups is 2. The predicted molar refractivity (Wildman–Crippen MR) is 78.2 cm³/mol. The van der Waals surface area contributed by atoms with Crippen LogP contribution in [0.15, 0.2) is 24.3 Å². The number of nitro groups is 1. The Morgan fingerprint density at radius 2 is 2.14 bits per heavy atom. The minimum absolute atomic E-state index is 0.0420. The zero-order chi connectivity index (χ0) is 16.3. The van der Waals surface area contributed by atoms with Crippen molar-refractivity contribution in [3.05, 3.63) is 39.9 Å². The fraction of sp³-hybridized carbons (Fsp3) is 0.467. The standard InChI is InChI=1S/C15H18N2O5/c1-10(11-4-2-5-12(8-11)17(21)22)16-13(18)9-15(14(19)20)6-3-7-15/h2,4-5,8,10H,3,6-7,9H2,1H3,(H,16,18)(H,19,20). The Kier molecular flexibility index (Phi) is 4.44. The number of amides is 1. The number of hydrogen-bond donors (Lipinski definition) is 2. The molecule has 0 aromatic heterocycles. The summed E-state index contributed by atoms with van der Waals surface area (Å²) in [6.45, 7) is 1.71. The quantitative estimate of drug-likeness (QED) is 0.619. The maximum Gasteiger partial charge on any atom is 0.310 e. The summed E-state index contributed by atoms with van der Waals surface area (Å²) in [6.07, 6.45) is 1.80. The molecule has 7 heteroatoms. The number of hydrogen-bond acceptors (Lipinski definition) is 4. The van der Waals surface area contributed by atoms with E-state index in [2.05, 4.69) is 5.32 Å². The van der Waals surface area contributed by atoms with Crippen molar-refractivity contribution in [3.8, 4) is 0 Å². The minimum Gasteiger partial charge on any atom is -0.481 e. The lowest BCUT2D eigenvalue weighted by Gasteiger charge is -2.37. The molecule has 1 atom stereocenters. The Bertz CT molecular complexity index is 610. The van der Waals surface area contributed by atoms with Gasteiger partial charge in [-0.05, 0) is 25.3 Å². The summed E-state index contributed by atoms with van der Waals surface area (Å²) >= 11 is 0. The van der Waals surface area contributed by atoms with Crippen LogP contribution in [-0.2, 0) is 9.59 Å². The van der Waals surface area contributed by atoms with Gasteiger partial charge >= 0.3 is 5.97 Å². The molecule has 1 saturated carbocycles. The number of benzene rings is 1. The topological polar surface area (TPSA) is 110 Å². The number of rotatable bonds is 6. The molecule has 0 heterocycles. The molecule has 7 nitrogen and oxygen atoms in total. The highest BCUT2D eigenvalue weighted by molar-refractivity contribution is 5.85. The van der Waals surface area contributed by atoms with E-state index >= 15 is 0 Å². The van der Waals surface area contributed by atoms with Crippen LogP contribution in [0.5, 0.6) is 0 Å². The van der Waals surface area contributed by atoms with Crippen molar-refractivity contribution in [2.45, 2.75) is 38.6 Å². The largest absolute Gasteiger partial charge is 0.481 e. The molecule has 1 fully saturated rings. The lowest BCUT2D eigenvalue weighted by molar-refractivity contribution is -0.384. The highest BCUT2D eigenvalue weighted by Gasteiger charge is 2.45. The molecule has 118 valence electrons. The molecular formula is C15H18N2O5. The zero-order valence-corrected chi connectivity index (χ0v) is 12.2. The molecule has 0 spiro atoms. The van der Waals surface area contributed by atoms with E-state index in [1.165, 1.54) is 12.1 Å². The summed E-state index contributed by atoms with van der Waals surface area (Å²) in [7, 11) is 0. The van der Waals surface area contributed by atoms with Gasteiger partial charge in [-0.25, -0.2) is 0 Å². The molecule has 0 bridgehead atoms. The van der Waals surface area contributed by atoms with Crippen LogP contribution in [0, 0.1) is 15.5 Å². The third-order valence-corrected chi connectivity index (χ3v) is 4.22. The smallest absolute Gasteiger partial charge is 0.310 e. The summed E-state index contributed by atoms with van der Waals surface area (Å²) in [4.78, 5) is 33.6. The van der Waals surface area contributed by atoms with Crippen molar-refractivity contribution in [2.24, 2.45) is 5.41 Å². The first-order valence-corrected chi connectivity index (χ1v) is 7.11. The first-order chi connectivity index (χ1) is 10.3. The highest BCUT2D eigenvalue weighted by atomic mass is 16.6. The average molecular weight is 306 g/mol. The molecule has 1 amide bonds. The van der Waals surface area contributed by atoms with Crippen LogP contribution in [0.25, 0.3) is 0 Å². The van der Waals surface area contributed by atoms with E-state index in [1.807, 2.05) is 0 Å². The van der Waals surface area contributed by atoms with Crippen LogP contribution in [0.3, 0.4) is 0 Å². The molecule has 1 aromatic carbocycles. The Hall–Kier alpha value is -2.44. The zero-order valence-electron chi connectivity index (χ0n) is 12.2. The normalized spacial score (nSPS) is 17.1.